The van der Waals surface area contributed by atoms with Gasteiger partial charge in [0.2, 0.25) is 0 Å². The van der Waals surface area contributed by atoms with Gasteiger partial charge < -0.3 is 10.1 Å². The maximum atomic E-state index is 5.55. The van der Waals surface area contributed by atoms with Crippen molar-refractivity contribution in [2.75, 3.05) is 18.5 Å². The van der Waals surface area contributed by atoms with E-state index in [9.17, 15) is 0 Å². The van der Waals surface area contributed by atoms with Crippen LogP contribution in [-0.2, 0) is 12.8 Å². The molecule has 0 aliphatic carbocycles. The molecular weight excluding hydrogens is 326 g/mol. The van der Waals surface area contributed by atoms with Crippen molar-refractivity contribution in [3.8, 4) is 5.75 Å². The van der Waals surface area contributed by atoms with Crippen LogP contribution in [0.15, 0.2) is 34.8 Å². The van der Waals surface area contributed by atoms with Gasteiger partial charge >= 0.3 is 0 Å². The first-order chi connectivity index (χ1) is 10.1. The number of benzene rings is 2. The number of halogens is 1. The minimum atomic E-state index is 0.826. The van der Waals surface area contributed by atoms with Gasteiger partial charge in [0.1, 0.15) is 5.75 Å². The summed E-state index contributed by atoms with van der Waals surface area (Å²) in [5, 5.41) is 3.55. The number of aryl methyl sites for hydroxylation is 2. The molecule has 0 atom stereocenters. The molecule has 0 saturated heterocycles. The van der Waals surface area contributed by atoms with E-state index in [4.69, 9.17) is 4.74 Å². The minimum absolute atomic E-state index is 0.826. The van der Waals surface area contributed by atoms with E-state index in [1.807, 2.05) is 0 Å². The molecule has 3 heteroatoms. The second-order valence-electron chi connectivity index (χ2n) is 5.66. The van der Waals surface area contributed by atoms with Gasteiger partial charge in [0.15, 0.2) is 0 Å². The third kappa shape index (κ3) is 3.24. The maximum absolute atomic E-state index is 5.55. The molecule has 2 aromatic rings. The van der Waals surface area contributed by atoms with Crippen molar-refractivity contribution in [1.29, 1.82) is 0 Å². The van der Waals surface area contributed by atoms with Crippen molar-refractivity contribution in [1.82, 2.24) is 0 Å². The lowest BCUT2D eigenvalue weighted by Gasteiger charge is -2.13. The predicted octanol–water partition coefficient (Wildman–Crippen LogP) is 4.66. The quantitative estimate of drug-likeness (QED) is 0.870. The van der Waals surface area contributed by atoms with Crippen molar-refractivity contribution in [3.05, 3.63) is 57.1 Å². The summed E-state index contributed by atoms with van der Waals surface area (Å²) in [4.78, 5) is 0. The largest absolute Gasteiger partial charge is 0.493 e. The molecule has 3 rings (SSSR count). The zero-order valence-corrected chi connectivity index (χ0v) is 14.1. The molecule has 1 N–H and O–H groups in total. The van der Waals surface area contributed by atoms with Crippen LogP contribution in [0.3, 0.4) is 0 Å². The number of ether oxygens (including phenoxy) is 1. The summed E-state index contributed by atoms with van der Waals surface area (Å²) in [5.74, 6) is 1.06. The first kappa shape index (κ1) is 14.5. The topological polar surface area (TPSA) is 21.3 Å². The number of nitrogens with one attached hydrogen (secondary N) is 1. The Hall–Kier alpha value is -1.48. The van der Waals surface area contributed by atoms with Crippen molar-refractivity contribution >= 4 is 21.6 Å². The molecule has 0 radical (unpaired) electrons. The molecule has 0 spiro atoms. The summed E-state index contributed by atoms with van der Waals surface area (Å²) >= 11 is 3.65. The number of fused-ring (bicyclic) bond motifs is 1. The molecule has 0 fully saturated rings. The molecular formula is C18H20BrNO. The Morgan fingerprint density at radius 1 is 1.19 bits per heavy atom. The van der Waals surface area contributed by atoms with E-state index in [1.165, 1.54) is 27.9 Å². The Balaban J connectivity index is 1.64. The highest BCUT2D eigenvalue weighted by atomic mass is 79.9. The van der Waals surface area contributed by atoms with Crippen LogP contribution in [0.2, 0.25) is 0 Å². The average molecular weight is 346 g/mol. The van der Waals surface area contributed by atoms with E-state index in [-0.39, 0.29) is 0 Å². The van der Waals surface area contributed by atoms with Crippen LogP contribution in [0.4, 0.5) is 5.69 Å². The number of rotatable bonds is 4. The van der Waals surface area contributed by atoms with Crippen LogP contribution in [0.1, 0.15) is 22.3 Å². The summed E-state index contributed by atoms with van der Waals surface area (Å²) in [6, 6.07) is 10.9. The fourth-order valence-corrected chi connectivity index (χ4v) is 3.68. The lowest BCUT2D eigenvalue weighted by molar-refractivity contribution is 0.357. The van der Waals surface area contributed by atoms with Crippen LogP contribution >= 0.6 is 15.9 Å². The van der Waals surface area contributed by atoms with E-state index >= 15 is 0 Å². The van der Waals surface area contributed by atoms with Gasteiger partial charge in [-0.1, -0.05) is 18.2 Å². The van der Waals surface area contributed by atoms with Crippen molar-refractivity contribution in [3.63, 3.8) is 0 Å². The van der Waals surface area contributed by atoms with Crippen LogP contribution in [0.25, 0.3) is 0 Å². The maximum Gasteiger partial charge on any atom is 0.122 e. The fourth-order valence-electron chi connectivity index (χ4n) is 2.87. The molecule has 1 aliphatic heterocycles. The van der Waals surface area contributed by atoms with Gasteiger partial charge in [-0.2, -0.15) is 0 Å². The Morgan fingerprint density at radius 3 is 2.86 bits per heavy atom. The summed E-state index contributed by atoms with van der Waals surface area (Å²) < 4.78 is 6.69. The molecule has 21 heavy (non-hydrogen) atoms. The number of hydrogen-bond donors (Lipinski definition) is 1. The Kier molecular flexibility index (Phi) is 4.20. The molecule has 2 nitrogen and oxygen atoms in total. The SMILES string of the molecule is Cc1cc(C)c(NCCc2ccc3c(c2)CCO3)c(Br)c1. The van der Waals surface area contributed by atoms with Gasteiger partial charge in [-0.25, -0.2) is 0 Å². The average Bonchev–Trinajstić information content (AvgIpc) is 2.89. The van der Waals surface area contributed by atoms with E-state index in [0.717, 1.165) is 36.2 Å². The smallest absolute Gasteiger partial charge is 0.122 e. The first-order valence-corrected chi connectivity index (χ1v) is 8.18. The van der Waals surface area contributed by atoms with Crippen molar-refractivity contribution in [2.24, 2.45) is 0 Å². The van der Waals surface area contributed by atoms with Gasteiger partial charge in [-0.3, -0.25) is 0 Å². The number of anilines is 1. The second-order valence-corrected chi connectivity index (χ2v) is 6.51. The zero-order chi connectivity index (χ0) is 14.8. The summed E-state index contributed by atoms with van der Waals surface area (Å²) in [6.45, 7) is 6.02. The first-order valence-electron chi connectivity index (χ1n) is 7.39. The second kappa shape index (κ2) is 6.10. The molecule has 1 heterocycles. The minimum Gasteiger partial charge on any atom is -0.493 e. The lowest BCUT2D eigenvalue weighted by Crippen LogP contribution is -2.07. The summed E-state index contributed by atoms with van der Waals surface area (Å²) in [7, 11) is 0. The standard InChI is InChI=1S/C18H20BrNO/c1-12-9-13(2)18(16(19)10-12)20-7-5-14-3-4-17-15(11-14)6-8-21-17/h3-4,9-11,20H,5-8H2,1-2H3. The van der Waals surface area contributed by atoms with Crippen LogP contribution in [0.5, 0.6) is 5.75 Å². The Bertz CT molecular complexity index is 643. The summed E-state index contributed by atoms with van der Waals surface area (Å²) in [5.41, 5.74) is 6.48. The molecule has 110 valence electrons. The third-order valence-electron chi connectivity index (χ3n) is 3.90. The monoisotopic (exact) mass is 345 g/mol. The lowest BCUT2D eigenvalue weighted by atomic mass is 10.1. The van der Waals surface area contributed by atoms with Gasteiger partial charge in [-0.15, -0.1) is 0 Å². The highest BCUT2D eigenvalue weighted by Crippen LogP contribution is 2.28. The van der Waals surface area contributed by atoms with E-state index < -0.39 is 0 Å². The van der Waals surface area contributed by atoms with Gasteiger partial charge in [0.05, 0.1) is 12.3 Å². The zero-order valence-electron chi connectivity index (χ0n) is 12.5. The van der Waals surface area contributed by atoms with Crippen molar-refractivity contribution < 1.29 is 4.74 Å². The van der Waals surface area contributed by atoms with Crippen LogP contribution in [0, 0.1) is 13.8 Å². The van der Waals surface area contributed by atoms with Crippen LogP contribution < -0.4 is 10.1 Å². The Morgan fingerprint density at radius 2 is 2.05 bits per heavy atom. The van der Waals surface area contributed by atoms with E-state index in [2.05, 4.69) is 65.4 Å². The third-order valence-corrected chi connectivity index (χ3v) is 4.53. The highest BCUT2D eigenvalue weighted by molar-refractivity contribution is 9.10. The molecule has 0 bridgehead atoms. The van der Waals surface area contributed by atoms with Crippen molar-refractivity contribution in [2.45, 2.75) is 26.7 Å². The summed E-state index contributed by atoms with van der Waals surface area (Å²) in [6.07, 6.45) is 2.06. The molecule has 0 unspecified atom stereocenters. The van der Waals surface area contributed by atoms with Gasteiger partial charge in [0.25, 0.3) is 0 Å². The molecule has 0 amide bonds. The van der Waals surface area contributed by atoms with E-state index in [0.29, 0.717) is 0 Å². The Labute approximate surface area is 134 Å². The van der Waals surface area contributed by atoms with Crippen LogP contribution in [-0.4, -0.2) is 13.2 Å². The molecule has 0 saturated carbocycles. The van der Waals surface area contributed by atoms with Gasteiger partial charge in [-0.05, 0) is 70.6 Å². The molecule has 0 aromatic heterocycles. The van der Waals surface area contributed by atoms with E-state index in [1.54, 1.807) is 0 Å². The molecule has 2 aromatic carbocycles. The fraction of sp³-hybridized carbons (Fsp3) is 0.333. The van der Waals surface area contributed by atoms with Gasteiger partial charge in [0, 0.05) is 17.4 Å². The number of hydrogen-bond acceptors (Lipinski definition) is 2. The molecule has 1 aliphatic rings. The normalized spacial score (nSPS) is 12.9. The highest BCUT2D eigenvalue weighted by Gasteiger charge is 2.12. The predicted molar refractivity (Wildman–Crippen MR) is 91.5 cm³/mol.